The lowest BCUT2D eigenvalue weighted by Crippen LogP contribution is -2.57. The van der Waals surface area contributed by atoms with E-state index in [1.807, 2.05) is 37.3 Å². The fraction of sp³-hybridized carbons (Fsp3) is 0.172. The van der Waals surface area contributed by atoms with E-state index in [-0.39, 0.29) is 17.4 Å². The number of aryl methyl sites for hydroxylation is 1. The summed E-state index contributed by atoms with van der Waals surface area (Å²) < 4.78 is 0. The van der Waals surface area contributed by atoms with Gasteiger partial charge in [0.15, 0.2) is 0 Å². The zero-order valence-corrected chi connectivity index (χ0v) is 21.5. The molecular weight excluding hydrogens is 508 g/mol. The van der Waals surface area contributed by atoms with Crippen molar-refractivity contribution in [1.29, 1.82) is 0 Å². The lowest BCUT2D eigenvalue weighted by Gasteiger charge is -2.47. The van der Waals surface area contributed by atoms with E-state index in [0.29, 0.717) is 27.6 Å². The Kier molecular flexibility index (Phi) is 7.11. The third kappa shape index (κ3) is 5.16. The number of aliphatic hydroxyl groups excluding tert-OH is 1. The van der Waals surface area contributed by atoms with Crippen LogP contribution in [0.2, 0.25) is 5.02 Å². The van der Waals surface area contributed by atoms with Crippen LogP contribution in [0.5, 0.6) is 11.5 Å². The van der Waals surface area contributed by atoms with Crippen LogP contribution in [0.15, 0.2) is 85.2 Å². The SMILES string of the molecule is Cc1cncc(-c2ccc(N3C(=O)[C@H](SC[C@H](O)c4ccc(Cl)cc4)[C@H]3c3ccc(O)cc3O)cc2)c1. The van der Waals surface area contributed by atoms with Crippen molar-refractivity contribution in [2.45, 2.75) is 24.3 Å². The minimum absolute atomic E-state index is 0.0584. The normalized spacial score (nSPS) is 17.9. The Balaban J connectivity index is 1.40. The van der Waals surface area contributed by atoms with E-state index in [4.69, 9.17) is 11.6 Å². The third-order valence-electron chi connectivity index (χ3n) is 6.42. The van der Waals surface area contributed by atoms with Crippen LogP contribution in [0.25, 0.3) is 11.1 Å². The molecule has 2 heterocycles. The lowest BCUT2D eigenvalue weighted by atomic mass is 9.91. The number of aromatic nitrogens is 1. The van der Waals surface area contributed by atoms with Crippen molar-refractivity contribution in [3.63, 3.8) is 0 Å². The monoisotopic (exact) mass is 532 g/mol. The molecule has 6 nitrogen and oxygen atoms in total. The summed E-state index contributed by atoms with van der Waals surface area (Å²) in [5, 5.41) is 31.2. The van der Waals surface area contributed by atoms with Gasteiger partial charge in [-0.15, -0.1) is 11.8 Å². The fourth-order valence-corrected chi connectivity index (χ4v) is 5.92. The molecule has 1 saturated heterocycles. The van der Waals surface area contributed by atoms with Gasteiger partial charge in [0, 0.05) is 46.0 Å². The molecule has 1 aliphatic heterocycles. The van der Waals surface area contributed by atoms with Crippen LogP contribution in [0.1, 0.15) is 28.8 Å². The van der Waals surface area contributed by atoms with Crippen LogP contribution in [-0.2, 0) is 4.79 Å². The minimum Gasteiger partial charge on any atom is -0.508 e. The number of anilines is 1. The summed E-state index contributed by atoms with van der Waals surface area (Å²) in [5.41, 5.74) is 4.96. The van der Waals surface area contributed by atoms with Gasteiger partial charge in [-0.3, -0.25) is 9.78 Å². The van der Waals surface area contributed by atoms with Crippen LogP contribution in [-0.4, -0.2) is 37.2 Å². The number of nitrogens with zero attached hydrogens (tertiary/aromatic N) is 2. The molecule has 0 bridgehead atoms. The molecule has 0 unspecified atom stereocenters. The number of β-lactam (4-membered cyclic amide) rings is 1. The number of amides is 1. The number of carbonyl (C=O) groups excluding carboxylic acids is 1. The first-order valence-corrected chi connectivity index (χ1v) is 13.2. The summed E-state index contributed by atoms with van der Waals surface area (Å²) in [5.74, 6) is 0.0297. The summed E-state index contributed by atoms with van der Waals surface area (Å²) in [6.45, 7) is 1.99. The van der Waals surface area contributed by atoms with E-state index in [1.165, 1.54) is 23.9 Å². The molecule has 5 rings (SSSR count). The maximum Gasteiger partial charge on any atom is 0.243 e. The average molecular weight is 533 g/mol. The van der Waals surface area contributed by atoms with E-state index in [0.717, 1.165) is 16.7 Å². The molecule has 0 saturated carbocycles. The van der Waals surface area contributed by atoms with Crippen molar-refractivity contribution in [2.24, 2.45) is 0 Å². The first kappa shape index (κ1) is 25.1. The number of aromatic hydroxyl groups is 2. The van der Waals surface area contributed by atoms with Crippen LogP contribution in [0.4, 0.5) is 5.69 Å². The topological polar surface area (TPSA) is 93.9 Å². The van der Waals surface area contributed by atoms with Crippen molar-refractivity contribution < 1.29 is 20.1 Å². The summed E-state index contributed by atoms with van der Waals surface area (Å²) in [6.07, 6.45) is 2.82. The number of phenols is 2. The number of rotatable bonds is 7. The molecule has 4 aromatic rings. The van der Waals surface area contributed by atoms with Crippen molar-refractivity contribution in [3.05, 3.63) is 107 Å². The smallest absolute Gasteiger partial charge is 0.243 e. The molecule has 1 fully saturated rings. The van der Waals surface area contributed by atoms with Crippen LogP contribution in [0.3, 0.4) is 0 Å². The highest BCUT2D eigenvalue weighted by Crippen LogP contribution is 2.48. The quantitative estimate of drug-likeness (QED) is 0.251. The zero-order valence-electron chi connectivity index (χ0n) is 20.0. The minimum atomic E-state index is -0.777. The van der Waals surface area contributed by atoms with E-state index in [9.17, 15) is 20.1 Å². The van der Waals surface area contributed by atoms with Crippen molar-refractivity contribution in [3.8, 4) is 22.6 Å². The maximum atomic E-state index is 13.4. The van der Waals surface area contributed by atoms with Gasteiger partial charge in [0.05, 0.1) is 12.1 Å². The number of hydrogen-bond donors (Lipinski definition) is 3. The third-order valence-corrected chi connectivity index (χ3v) is 8.00. The molecule has 1 aromatic heterocycles. The van der Waals surface area contributed by atoms with Gasteiger partial charge in [0.2, 0.25) is 5.91 Å². The van der Waals surface area contributed by atoms with Crippen molar-refractivity contribution in [2.75, 3.05) is 10.7 Å². The van der Waals surface area contributed by atoms with Gasteiger partial charge < -0.3 is 20.2 Å². The van der Waals surface area contributed by atoms with Crippen LogP contribution >= 0.6 is 23.4 Å². The maximum absolute atomic E-state index is 13.4. The van der Waals surface area contributed by atoms with Gasteiger partial charge in [-0.1, -0.05) is 35.9 Å². The Labute approximate surface area is 224 Å². The zero-order chi connectivity index (χ0) is 26.1. The van der Waals surface area contributed by atoms with Gasteiger partial charge in [0.1, 0.15) is 16.7 Å². The summed E-state index contributed by atoms with van der Waals surface area (Å²) in [4.78, 5) is 19.3. The number of thioether (sulfide) groups is 1. The molecule has 8 heteroatoms. The first-order valence-electron chi connectivity index (χ1n) is 11.7. The van der Waals surface area contributed by atoms with E-state index < -0.39 is 17.4 Å². The molecule has 3 N–H and O–H groups in total. The second-order valence-corrected chi connectivity index (χ2v) is 10.6. The molecule has 37 heavy (non-hydrogen) atoms. The highest BCUT2D eigenvalue weighted by Gasteiger charge is 2.50. The predicted octanol–water partition coefficient (Wildman–Crippen LogP) is 6.04. The molecule has 188 valence electrons. The molecule has 1 amide bonds. The lowest BCUT2D eigenvalue weighted by molar-refractivity contribution is -0.123. The number of halogens is 1. The second-order valence-electron chi connectivity index (χ2n) is 9.02. The van der Waals surface area contributed by atoms with E-state index in [2.05, 4.69) is 4.98 Å². The molecule has 0 radical (unpaired) electrons. The molecule has 1 aliphatic rings. The Hall–Kier alpha value is -3.52. The number of phenolic OH excluding ortho intramolecular Hbond substituents is 2. The summed E-state index contributed by atoms with van der Waals surface area (Å²) in [7, 11) is 0. The van der Waals surface area contributed by atoms with E-state index >= 15 is 0 Å². The second kappa shape index (κ2) is 10.5. The van der Waals surface area contributed by atoms with Gasteiger partial charge in [-0.2, -0.15) is 0 Å². The first-order chi connectivity index (χ1) is 17.8. The number of aliphatic hydroxyl groups is 1. The molecule has 3 aromatic carbocycles. The van der Waals surface area contributed by atoms with Gasteiger partial charge in [-0.05, 0) is 66.1 Å². The van der Waals surface area contributed by atoms with Gasteiger partial charge in [-0.25, -0.2) is 0 Å². The number of hydrogen-bond acceptors (Lipinski definition) is 6. The number of pyridine rings is 1. The Morgan fingerprint density at radius 3 is 2.38 bits per heavy atom. The van der Waals surface area contributed by atoms with Gasteiger partial charge >= 0.3 is 0 Å². The van der Waals surface area contributed by atoms with Crippen LogP contribution < -0.4 is 4.90 Å². The molecule has 0 spiro atoms. The van der Waals surface area contributed by atoms with Crippen molar-refractivity contribution >= 4 is 35.0 Å². The predicted molar refractivity (Wildman–Crippen MR) is 147 cm³/mol. The summed E-state index contributed by atoms with van der Waals surface area (Å²) >= 11 is 7.29. The highest BCUT2D eigenvalue weighted by molar-refractivity contribution is 8.00. The van der Waals surface area contributed by atoms with E-state index in [1.54, 1.807) is 47.6 Å². The Bertz CT molecular complexity index is 1430. The molecule has 3 atom stereocenters. The highest BCUT2D eigenvalue weighted by atomic mass is 35.5. The molecule has 0 aliphatic carbocycles. The summed E-state index contributed by atoms with van der Waals surface area (Å²) in [6, 6.07) is 20.6. The molecular formula is C29H25ClN2O4S. The fourth-order valence-electron chi connectivity index (χ4n) is 4.50. The largest absolute Gasteiger partial charge is 0.508 e. The van der Waals surface area contributed by atoms with Gasteiger partial charge in [0.25, 0.3) is 0 Å². The number of carbonyl (C=O) groups is 1. The average Bonchev–Trinajstić information content (AvgIpc) is 2.88. The Morgan fingerprint density at radius 1 is 0.973 bits per heavy atom. The number of benzene rings is 3. The standard InChI is InChI=1S/C29H25ClN2O4S/c1-17-12-20(15-31-14-17)18-4-8-22(9-5-18)32-27(24-11-10-23(33)13-25(24)34)28(29(32)36)37-16-26(35)19-2-6-21(30)7-3-19/h2-15,26-28,33-35H,16H2,1H3/t26-,27+,28+/m0/s1. The van der Waals surface area contributed by atoms with Crippen molar-refractivity contribution in [1.82, 2.24) is 4.98 Å². The Morgan fingerprint density at radius 2 is 1.70 bits per heavy atom. The van der Waals surface area contributed by atoms with Crippen LogP contribution in [0, 0.1) is 6.92 Å².